The number of fused-ring (bicyclic) bond motifs is 1. The predicted octanol–water partition coefficient (Wildman–Crippen LogP) is 3.32. The van der Waals surface area contributed by atoms with Gasteiger partial charge in [-0.15, -0.1) is 11.3 Å². The van der Waals surface area contributed by atoms with Gasteiger partial charge in [-0.05, 0) is 55.3 Å². The Bertz CT molecular complexity index is 817. The van der Waals surface area contributed by atoms with Crippen molar-refractivity contribution in [2.24, 2.45) is 4.99 Å². The zero-order valence-electron chi connectivity index (χ0n) is 16.9. The van der Waals surface area contributed by atoms with Crippen molar-refractivity contribution in [3.8, 4) is 11.5 Å². The van der Waals surface area contributed by atoms with Gasteiger partial charge >= 0.3 is 0 Å². The zero-order valence-corrected chi connectivity index (χ0v) is 17.7. The van der Waals surface area contributed by atoms with Gasteiger partial charge < -0.3 is 24.8 Å². The van der Waals surface area contributed by atoms with Crippen LogP contribution in [-0.2, 0) is 16.6 Å². The first-order chi connectivity index (χ1) is 14.3. The lowest BCUT2D eigenvalue weighted by atomic mass is 9.74. The van der Waals surface area contributed by atoms with E-state index in [-0.39, 0.29) is 5.41 Å². The van der Waals surface area contributed by atoms with Crippen molar-refractivity contribution in [2.45, 2.75) is 31.6 Å². The summed E-state index contributed by atoms with van der Waals surface area (Å²) >= 11 is 1.79. The molecular formula is C22H29N3O3S. The molecule has 1 fully saturated rings. The monoisotopic (exact) mass is 415 g/mol. The van der Waals surface area contributed by atoms with E-state index >= 15 is 0 Å². The van der Waals surface area contributed by atoms with Crippen molar-refractivity contribution < 1.29 is 14.2 Å². The molecule has 0 saturated carbocycles. The lowest BCUT2D eigenvalue weighted by Crippen LogP contribution is -2.41. The summed E-state index contributed by atoms with van der Waals surface area (Å²) in [6.07, 6.45) is 2.90. The van der Waals surface area contributed by atoms with E-state index in [0.29, 0.717) is 13.3 Å². The average molecular weight is 416 g/mol. The van der Waals surface area contributed by atoms with Gasteiger partial charge in [0.2, 0.25) is 6.79 Å². The zero-order chi connectivity index (χ0) is 19.9. The highest BCUT2D eigenvalue weighted by atomic mass is 32.1. The largest absolute Gasteiger partial charge is 0.454 e. The Morgan fingerprint density at radius 1 is 1.14 bits per heavy atom. The number of aliphatic imine (C=N–C) groups is 1. The molecule has 0 spiro atoms. The molecule has 6 nitrogen and oxygen atoms in total. The molecule has 2 N–H and O–H groups in total. The lowest BCUT2D eigenvalue weighted by Gasteiger charge is -2.36. The Morgan fingerprint density at radius 3 is 2.79 bits per heavy atom. The number of ether oxygens (including phenoxy) is 3. The van der Waals surface area contributed by atoms with E-state index < -0.39 is 0 Å². The smallest absolute Gasteiger partial charge is 0.231 e. The number of thiophene rings is 1. The minimum atomic E-state index is -0.0463. The maximum Gasteiger partial charge on any atom is 0.231 e. The molecule has 0 radical (unpaired) electrons. The van der Waals surface area contributed by atoms with Gasteiger partial charge in [0.25, 0.3) is 0 Å². The third-order valence-electron chi connectivity index (χ3n) is 5.56. The third kappa shape index (κ3) is 4.85. The molecule has 7 heteroatoms. The summed E-state index contributed by atoms with van der Waals surface area (Å²) in [6.45, 7) is 6.32. The van der Waals surface area contributed by atoms with Crippen LogP contribution in [0.4, 0.5) is 0 Å². The number of nitrogens with one attached hydrogen (secondary N) is 2. The standard InChI is InChI=1S/C22H29N3O3S/c1-2-23-21(24-10-7-18-4-3-13-29-18)25-15-22(8-11-26-12-9-22)17-5-6-19-20(14-17)28-16-27-19/h3-6,13-14H,2,7-12,15-16H2,1H3,(H2,23,24,25). The highest BCUT2D eigenvalue weighted by Gasteiger charge is 2.35. The topological polar surface area (TPSA) is 64.1 Å². The van der Waals surface area contributed by atoms with Crippen LogP contribution in [0.15, 0.2) is 40.7 Å². The summed E-state index contributed by atoms with van der Waals surface area (Å²) in [7, 11) is 0. The van der Waals surface area contributed by atoms with E-state index in [1.165, 1.54) is 10.4 Å². The number of nitrogens with zero attached hydrogens (tertiary/aromatic N) is 1. The number of hydrogen-bond donors (Lipinski definition) is 2. The van der Waals surface area contributed by atoms with E-state index in [2.05, 4.69) is 47.2 Å². The highest BCUT2D eigenvalue weighted by Crippen LogP contribution is 2.41. The van der Waals surface area contributed by atoms with E-state index in [4.69, 9.17) is 19.2 Å². The lowest BCUT2D eigenvalue weighted by molar-refractivity contribution is 0.0530. The maximum atomic E-state index is 5.66. The molecule has 1 aromatic carbocycles. The molecule has 4 rings (SSSR count). The normalized spacial score (nSPS) is 17.9. The fraction of sp³-hybridized carbons (Fsp3) is 0.500. The molecule has 0 aliphatic carbocycles. The third-order valence-corrected chi connectivity index (χ3v) is 6.50. The first-order valence-electron chi connectivity index (χ1n) is 10.3. The van der Waals surface area contributed by atoms with Crippen molar-refractivity contribution in [3.63, 3.8) is 0 Å². The van der Waals surface area contributed by atoms with Gasteiger partial charge in [0.1, 0.15) is 0 Å². The molecule has 2 aliphatic rings. The van der Waals surface area contributed by atoms with E-state index in [9.17, 15) is 0 Å². The number of hydrogen-bond acceptors (Lipinski definition) is 5. The first kappa shape index (κ1) is 20.0. The second-order valence-corrected chi connectivity index (χ2v) is 8.44. The molecule has 2 aliphatic heterocycles. The van der Waals surface area contributed by atoms with Crippen LogP contribution >= 0.6 is 11.3 Å². The van der Waals surface area contributed by atoms with Crippen LogP contribution in [-0.4, -0.2) is 45.6 Å². The number of rotatable bonds is 7. The highest BCUT2D eigenvalue weighted by molar-refractivity contribution is 7.09. The summed E-state index contributed by atoms with van der Waals surface area (Å²) in [6, 6.07) is 10.6. The second kappa shape index (κ2) is 9.50. The summed E-state index contributed by atoms with van der Waals surface area (Å²) in [5, 5.41) is 8.98. The molecule has 3 heterocycles. The average Bonchev–Trinajstić information content (AvgIpc) is 3.44. The Labute approximate surface area is 176 Å². The quantitative estimate of drug-likeness (QED) is 0.537. The van der Waals surface area contributed by atoms with E-state index in [1.54, 1.807) is 11.3 Å². The molecule has 156 valence electrons. The fourth-order valence-electron chi connectivity index (χ4n) is 3.86. The summed E-state index contributed by atoms with van der Waals surface area (Å²) < 4.78 is 16.8. The Balaban J connectivity index is 1.48. The van der Waals surface area contributed by atoms with Crippen LogP contribution in [0.2, 0.25) is 0 Å². The summed E-state index contributed by atoms with van der Waals surface area (Å²) in [4.78, 5) is 6.35. The Kier molecular flexibility index (Phi) is 6.56. The van der Waals surface area contributed by atoms with Crippen LogP contribution < -0.4 is 20.1 Å². The van der Waals surface area contributed by atoms with Gasteiger partial charge in [0.05, 0.1) is 6.54 Å². The molecule has 1 aromatic heterocycles. The van der Waals surface area contributed by atoms with Crippen molar-refractivity contribution in [3.05, 3.63) is 46.2 Å². The minimum Gasteiger partial charge on any atom is -0.454 e. The van der Waals surface area contributed by atoms with Crippen LogP contribution in [0.1, 0.15) is 30.2 Å². The molecule has 0 unspecified atom stereocenters. The van der Waals surface area contributed by atoms with Crippen LogP contribution in [0.5, 0.6) is 11.5 Å². The molecule has 29 heavy (non-hydrogen) atoms. The van der Waals surface area contributed by atoms with Gasteiger partial charge in [-0.2, -0.15) is 0 Å². The van der Waals surface area contributed by atoms with E-state index in [0.717, 1.165) is 63.0 Å². The van der Waals surface area contributed by atoms with Gasteiger partial charge in [-0.25, -0.2) is 0 Å². The summed E-state index contributed by atoms with van der Waals surface area (Å²) in [5.74, 6) is 2.53. The minimum absolute atomic E-state index is 0.0463. The van der Waals surface area contributed by atoms with Gasteiger partial charge in [0.15, 0.2) is 17.5 Å². The van der Waals surface area contributed by atoms with E-state index in [1.807, 2.05) is 6.07 Å². The molecule has 0 bridgehead atoms. The number of guanidine groups is 1. The van der Waals surface area contributed by atoms with Gasteiger partial charge in [-0.3, -0.25) is 4.99 Å². The van der Waals surface area contributed by atoms with Gasteiger partial charge in [-0.1, -0.05) is 12.1 Å². The van der Waals surface area contributed by atoms with Crippen molar-refractivity contribution in [1.82, 2.24) is 10.6 Å². The van der Waals surface area contributed by atoms with Crippen LogP contribution in [0.3, 0.4) is 0 Å². The predicted molar refractivity (Wildman–Crippen MR) is 116 cm³/mol. The SMILES string of the molecule is CCNC(=NCC1(c2ccc3c(c2)OCO3)CCOCC1)NCCc1cccs1. The van der Waals surface area contributed by atoms with Crippen LogP contribution in [0.25, 0.3) is 0 Å². The second-order valence-electron chi connectivity index (χ2n) is 7.41. The molecule has 0 amide bonds. The van der Waals surface area contributed by atoms with Crippen molar-refractivity contribution in [1.29, 1.82) is 0 Å². The fourth-order valence-corrected chi connectivity index (χ4v) is 4.57. The molecular weight excluding hydrogens is 386 g/mol. The molecule has 0 atom stereocenters. The van der Waals surface area contributed by atoms with Crippen molar-refractivity contribution >= 4 is 17.3 Å². The Hall–Kier alpha value is -2.25. The number of benzene rings is 1. The summed E-state index contributed by atoms with van der Waals surface area (Å²) in [5.41, 5.74) is 1.21. The molecule has 1 saturated heterocycles. The first-order valence-corrected chi connectivity index (χ1v) is 11.2. The van der Waals surface area contributed by atoms with Crippen LogP contribution in [0, 0.1) is 0 Å². The maximum absolute atomic E-state index is 5.66. The van der Waals surface area contributed by atoms with Crippen molar-refractivity contribution in [2.75, 3.05) is 39.6 Å². The van der Waals surface area contributed by atoms with Gasteiger partial charge in [0, 0.05) is 36.6 Å². The molecule has 2 aromatic rings. The Morgan fingerprint density at radius 2 is 2.00 bits per heavy atom.